The summed E-state index contributed by atoms with van der Waals surface area (Å²) >= 11 is 0. The maximum atomic E-state index is 8.87. The van der Waals surface area contributed by atoms with E-state index in [0.29, 0.717) is 11.0 Å². The highest BCUT2D eigenvalue weighted by molar-refractivity contribution is 6.58. The third-order valence-electron chi connectivity index (χ3n) is 1.77. The van der Waals surface area contributed by atoms with E-state index in [-0.39, 0.29) is 0 Å². The zero-order chi connectivity index (χ0) is 9.26. The van der Waals surface area contributed by atoms with Crippen LogP contribution in [0.2, 0.25) is 0 Å². The van der Waals surface area contributed by atoms with Crippen LogP contribution in [0, 0.1) is 0 Å². The lowest BCUT2D eigenvalue weighted by atomic mass is 9.81. The first kappa shape index (κ1) is 8.16. The molecule has 2 aromatic heterocycles. The summed E-state index contributed by atoms with van der Waals surface area (Å²) < 4.78 is 0. The van der Waals surface area contributed by atoms with Gasteiger partial charge in [0.05, 0.1) is 11.0 Å². The third-order valence-corrected chi connectivity index (χ3v) is 1.77. The minimum absolute atomic E-state index is 0.353. The molecular formula is C8H7BN2O2. The van der Waals surface area contributed by atoms with Gasteiger partial charge in [0.2, 0.25) is 0 Å². The van der Waals surface area contributed by atoms with Crippen LogP contribution in [0.3, 0.4) is 0 Å². The number of fused-ring (bicyclic) bond motifs is 1. The molecule has 13 heavy (non-hydrogen) atoms. The summed E-state index contributed by atoms with van der Waals surface area (Å²) in [5.41, 5.74) is 1.76. The Hall–Kier alpha value is -1.46. The van der Waals surface area contributed by atoms with E-state index < -0.39 is 7.12 Å². The van der Waals surface area contributed by atoms with E-state index in [0.717, 1.165) is 5.52 Å². The lowest BCUT2D eigenvalue weighted by Crippen LogP contribution is -2.30. The molecule has 0 saturated carbocycles. The summed E-state index contributed by atoms with van der Waals surface area (Å²) in [5, 5.41) is 17.7. The van der Waals surface area contributed by atoms with Crippen LogP contribution < -0.4 is 5.46 Å². The average molecular weight is 174 g/mol. The van der Waals surface area contributed by atoms with Crippen LogP contribution in [0.1, 0.15) is 0 Å². The Labute approximate surface area is 75.0 Å². The minimum atomic E-state index is -1.49. The Morgan fingerprint density at radius 1 is 1.15 bits per heavy atom. The Balaban J connectivity index is 2.62. The number of hydrogen-bond donors (Lipinski definition) is 2. The maximum absolute atomic E-state index is 8.87. The van der Waals surface area contributed by atoms with Gasteiger partial charge in [-0.3, -0.25) is 9.97 Å². The predicted octanol–water partition coefficient (Wildman–Crippen LogP) is -0.690. The van der Waals surface area contributed by atoms with Crippen molar-refractivity contribution in [1.82, 2.24) is 9.97 Å². The number of pyridine rings is 2. The van der Waals surface area contributed by atoms with E-state index in [4.69, 9.17) is 10.0 Å². The molecule has 2 N–H and O–H groups in total. The molecular weight excluding hydrogens is 167 g/mol. The molecule has 64 valence electrons. The van der Waals surface area contributed by atoms with Crippen molar-refractivity contribution in [3.63, 3.8) is 0 Å². The first-order valence-corrected chi connectivity index (χ1v) is 3.84. The van der Waals surface area contributed by atoms with Gasteiger partial charge in [0, 0.05) is 17.9 Å². The fraction of sp³-hybridized carbons (Fsp3) is 0. The molecule has 0 aliphatic heterocycles. The number of rotatable bonds is 1. The van der Waals surface area contributed by atoms with E-state index in [1.807, 2.05) is 6.07 Å². The zero-order valence-corrected chi connectivity index (χ0v) is 6.75. The van der Waals surface area contributed by atoms with Crippen molar-refractivity contribution in [1.29, 1.82) is 0 Å². The fourth-order valence-electron chi connectivity index (χ4n) is 1.11. The number of aromatic nitrogens is 2. The largest absolute Gasteiger partial charge is 0.490 e. The first-order chi connectivity index (χ1) is 6.27. The zero-order valence-electron chi connectivity index (χ0n) is 6.75. The molecule has 0 aliphatic carbocycles. The standard InChI is InChI=1S/C8H7BN2O2/c12-9(13)6-4-8-7(11-5-6)2-1-3-10-8/h1-5,12-13H. The van der Waals surface area contributed by atoms with Gasteiger partial charge in [-0.1, -0.05) is 0 Å². The van der Waals surface area contributed by atoms with Crippen molar-refractivity contribution < 1.29 is 10.0 Å². The van der Waals surface area contributed by atoms with Gasteiger partial charge < -0.3 is 10.0 Å². The SMILES string of the molecule is OB(O)c1cnc2cccnc2c1. The quantitative estimate of drug-likeness (QED) is 0.561. The Morgan fingerprint density at radius 2 is 2.00 bits per heavy atom. The number of nitrogens with zero attached hydrogens (tertiary/aromatic N) is 2. The van der Waals surface area contributed by atoms with Gasteiger partial charge in [0.1, 0.15) is 0 Å². The van der Waals surface area contributed by atoms with Crippen molar-refractivity contribution in [3.8, 4) is 0 Å². The topological polar surface area (TPSA) is 66.2 Å². The summed E-state index contributed by atoms with van der Waals surface area (Å²) in [6.07, 6.45) is 3.06. The van der Waals surface area contributed by atoms with E-state index in [2.05, 4.69) is 9.97 Å². The summed E-state index contributed by atoms with van der Waals surface area (Å²) in [6, 6.07) is 5.20. The molecule has 4 nitrogen and oxygen atoms in total. The van der Waals surface area contributed by atoms with Crippen molar-refractivity contribution in [3.05, 3.63) is 30.6 Å². The van der Waals surface area contributed by atoms with Gasteiger partial charge >= 0.3 is 7.12 Å². The second-order valence-electron chi connectivity index (χ2n) is 2.68. The molecule has 0 radical (unpaired) electrons. The molecule has 0 saturated heterocycles. The molecule has 2 heterocycles. The van der Waals surface area contributed by atoms with E-state index in [9.17, 15) is 0 Å². The van der Waals surface area contributed by atoms with Crippen LogP contribution in [0.4, 0.5) is 0 Å². The highest BCUT2D eigenvalue weighted by Gasteiger charge is 2.11. The molecule has 0 aromatic carbocycles. The van der Waals surface area contributed by atoms with E-state index in [1.165, 1.54) is 6.20 Å². The van der Waals surface area contributed by atoms with Crippen molar-refractivity contribution in [2.75, 3.05) is 0 Å². The molecule has 0 atom stereocenters. The molecule has 2 aromatic rings. The van der Waals surface area contributed by atoms with Crippen molar-refractivity contribution in [2.24, 2.45) is 0 Å². The Morgan fingerprint density at radius 3 is 2.77 bits per heavy atom. The summed E-state index contributed by atoms with van der Waals surface area (Å²) in [6.45, 7) is 0. The molecule has 0 fully saturated rings. The first-order valence-electron chi connectivity index (χ1n) is 3.84. The van der Waals surface area contributed by atoms with Gasteiger partial charge in [-0.25, -0.2) is 0 Å². The van der Waals surface area contributed by atoms with Crippen LogP contribution in [-0.2, 0) is 0 Å². The highest BCUT2D eigenvalue weighted by Crippen LogP contribution is 2.03. The maximum Gasteiger partial charge on any atom is 0.490 e. The van der Waals surface area contributed by atoms with Crippen LogP contribution >= 0.6 is 0 Å². The second-order valence-corrected chi connectivity index (χ2v) is 2.68. The molecule has 0 bridgehead atoms. The van der Waals surface area contributed by atoms with Crippen LogP contribution in [-0.4, -0.2) is 27.1 Å². The lowest BCUT2D eigenvalue weighted by Gasteiger charge is -1.99. The molecule has 2 rings (SSSR count). The van der Waals surface area contributed by atoms with Gasteiger partial charge in [0.15, 0.2) is 0 Å². The Bertz CT molecular complexity index is 433. The predicted molar refractivity (Wildman–Crippen MR) is 49.4 cm³/mol. The second kappa shape index (κ2) is 3.12. The summed E-state index contributed by atoms with van der Waals surface area (Å²) in [7, 11) is -1.49. The smallest absolute Gasteiger partial charge is 0.423 e. The van der Waals surface area contributed by atoms with Gasteiger partial charge in [-0.2, -0.15) is 0 Å². The minimum Gasteiger partial charge on any atom is -0.423 e. The molecule has 0 spiro atoms. The van der Waals surface area contributed by atoms with Crippen LogP contribution in [0.15, 0.2) is 30.6 Å². The number of hydrogen-bond acceptors (Lipinski definition) is 4. The molecule has 0 aliphatic rings. The van der Waals surface area contributed by atoms with Crippen molar-refractivity contribution >= 4 is 23.6 Å². The van der Waals surface area contributed by atoms with Crippen molar-refractivity contribution in [2.45, 2.75) is 0 Å². The highest BCUT2D eigenvalue weighted by atomic mass is 16.4. The van der Waals surface area contributed by atoms with Crippen LogP contribution in [0.5, 0.6) is 0 Å². The van der Waals surface area contributed by atoms with Gasteiger partial charge in [-0.05, 0) is 18.2 Å². The van der Waals surface area contributed by atoms with E-state index in [1.54, 1.807) is 18.3 Å². The molecule has 5 heteroatoms. The monoisotopic (exact) mass is 174 g/mol. The van der Waals surface area contributed by atoms with Gasteiger partial charge in [-0.15, -0.1) is 0 Å². The van der Waals surface area contributed by atoms with E-state index >= 15 is 0 Å². The fourth-order valence-corrected chi connectivity index (χ4v) is 1.11. The summed E-state index contributed by atoms with van der Waals surface area (Å²) in [5.74, 6) is 0. The average Bonchev–Trinajstić information content (AvgIpc) is 2.17. The van der Waals surface area contributed by atoms with Gasteiger partial charge in [0.25, 0.3) is 0 Å². The summed E-state index contributed by atoms with van der Waals surface area (Å²) in [4.78, 5) is 8.06. The van der Waals surface area contributed by atoms with Crippen LogP contribution in [0.25, 0.3) is 11.0 Å². The molecule has 0 amide bonds. The lowest BCUT2D eigenvalue weighted by molar-refractivity contribution is 0.425. The third kappa shape index (κ3) is 1.51. The normalized spacial score (nSPS) is 10.3. The Kier molecular flexibility index (Phi) is 1.96. The molecule has 0 unspecified atom stereocenters.